The molecule has 0 spiro atoms. The lowest BCUT2D eigenvalue weighted by Crippen LogP contribution is -2.11. The van der Waals surface area contributed by atoms with Crippen LogP contribution in [0.5, 0.6) is 17.2 Å². The van der Waals surface area contributed by atoms with Crippen LogP contribution in [0.15, 0.2) is 72.8 Å². The average molecular weight is 479 g/mol. The lowest BCUT2D eigenvalue weighted by atomic mass is 10.2. The highest BCUT2D eigenvalue weighted by Gasteiger charge is 2.08. The van der Waals surface area contributed by atoms with Crippen LogP contribution in [0.3, 0.4) is 0 Å². The Morgan fingerprint density at radius 3 is 2.40 bits per heavy atom. The van der Waals surface area contributed by atoms with Crippen LogP contribution in [0.1, 0.15) is 19.4 Å². The largest absolute Gasteiger partial charge is 0.490 e. The summed E-state index contributed by atoms with van der Waals surface area (Å²) >= 11 is 0. The lowest BCUT2D eigenvalue weighted by molar-refractivity contribution is -0.114. The Labute approximate surface area is 203 Å². The number of rotatable bonds is 11. The maximum absolute atomic E-state index is 13.8. The molecule has 0 aliphatic rings. The molecule has 0 heterocycles. The minimum Gasteiger partial charge on any atom is -0.490 e. The van der Waals surface area contributed by atoms with Crippen LogP contribution in [0.2, 0.25) is 0 Å². The van der Waals surface area contributed by atoms with Crippen LogP contribution >= 0.6 is 0 Å². The summed E-state index contributed by atoms with van der Waals surface area (Å²) in [5, 5.41) is 5.02. The zero-order chi connectivity index (χ0) is 25.0. The topological polar surface area (TPSA) is 85.9 Å². The number of nitrogens with one attached hydrogen (secondary N) is 2. The molecule has 0 aromatic heterocycles. The summed E-state index contributed by atoms with van der Waals surface area (Å²) in [7, 11) is 0. The van der Waals surface area contributed by atoms with Gasteiger partial charge in [0.1, 0.15) is 24.8 Å². The predicted octanol–water partition coefficient (Wildman–Crippen LogP) is 5.29. The molecule has 0 unspecified atom stereocenters. The number of hydrogen-bond acceptors (Lipinski definition) is 5. The summed E-state index contributed by atoms with van der Waals surface area (Å²) < 4.78 is 30.9. The van der Waals surface area contributed by atoms with Crippen molar-refractivity contribution in [2.75, 3.05) is 30.5 Å². The number of halogens is 1. The fourth-order valence-electron chi connectivity index (χ4n) is 3.09. The minimum absolute atomic E-state index is 0.00890. The van der Waals surface area contributed by atoms with Crippen LogP contribution in [0.4, 0.5) is 15.8 Å². The van der Waals surface area contributed by atoms with Crippen molar-refractivity contribution in [1.29, 1.82) is 0 Å². The van der Waals surface area contributed by atoms with E-state index >= 15 is 0 Å². The maximum atomic E-state index is 13.8. The van der Waals surface area contributed by atoms with E-state index in [4.69, 9.17) is 14.2 Å². The SMILES string of the molecule is CCOc1cc(/C=C/C(=O)Nc2ccc(F)c(NC(C)=O)c2)ccc1OCCOc1ccccc1. The molecule has 0 saturated carbocycles. The molecular formula is C27H27FN2O5. The Morgan fingerprint density at radius 2 is 1.66 bits per heavy atom. The molecule has 2 N–H and O–H groups in total. The monoisotopic (exact) mass is 478 g/mol. The zero-order valence-electron chi connectivity index (χ0n) is 19.5. The molecule has 3 aromatic carbocycles. The highest BCUT2D eigenvalue weighted by molar-refractivity contribution is 6.02. The molecule has 0 fully saturated rings. The quantitative estimate of drug-likeness (QED) is 0.289. The van der Waals surface area contributed by atoms with Crippen LogP contribution in [0, 0.1) is 5.82 Å². The number of para-hydroxylation sites is 1. The molecule has 3 rings (SSSR count). The second-order valence-corrected chi connectivity index (χ2v) is 7.35. The number of ether oxygens (including phenoxy) is 3. The third-order valence-electron chi connectivity index (χ3n) is 4.59. The summed E-state index contributed by atoms with van der Waals surface area (Å²) in [6.45, 7) is 4.32. The first-order valence-electron chi connectivity index (χ1n) is 11.1. The van der Waals surface area contributed by atoms with Crippen LogP contribution in [-0.2, 0) is 9.59 Å². The Balaban J connectivity index is 1.59. The van der Waals surface area contributed by atoms with Crippen molar-refractivity contribution >= 4 is 29.3 Å². The van der Waals surface area contributed by atoms with Gasteiger partial charge >= 0.3 is 0 Å². The van der Waals surface area contributed by atoms with Crippen molar-refractivity contribution < 1.29 is 28.2 Å². The smallest absolute Gasteiger partial charge is 0.248 e. The number of benzene rings is 3. The average Bonchev–Trinajstić information content (AvgIpc) is 2.84. The normalized spacial score (nSPS) is 10.6. The predicted molar refractivity (Wildman–Crippen MR) is 133 cm³/mol. The molecule has 0 saturated heterocycles. The van der Waals surface area contributed by atoms with E-state index in [1.807, 2.05) is 37.3 Å². The van der Waals surface area contributed by atoms with Crippen LogP contribution in [-0.4, -0.2) is 31.6 Å². The maximum Gasteiger partial charge on any atom is 0.248 e. The molecule has 35 heavy (non-hydrogen) atoms. The highest BCUT2D eigenvalue weighted by atomic mass is 19.1. The summed E-state index contributed by atoms with van der Waals surface area (Å²) in [4.78, 5) is 23.5. The van der Waals surface area contributed by atoms with Gasteiger partial charge in [0.25, 0.3) is 0 Å². The van der Waals surface area contributed by atoms with Crippen LogP contribution in [0.25, 0.3) is 6.08 Å². The standard InChI is InChI=1S/C27H27FN2O5/c1-3-33-26-17-20(9-13-25(26)35-16-15-34-22-7-5-4-6-8-22)10-14-27(32)30-21-11-12-23(28)24(18-21)29-19(2)31/h4-14,17-18H,3,15-16H2,1-2H3,(H,29,31)(H,30,32)/b14-10+. The molecular weight excluding hydrogens is 451 g/mol. The van der Waals surface area contributed by atoms with Gasteiger partial charge in [0.05, 0.1) is 12.3 Å². The number of carbonyl (C=O) groups excluding carboxylic acids is 2. The molecule has 3 aromatic rings. The van der Waals surface area contributed by atoms with E-state index in [9.17, 15) is 14.0 Å². The third kappa shape index (κ3) is 8.19. The number of anilines is 2. The van der Waals surface area contributed by atoms with Crippen molar-refractivity contribution in [3.63, 3.8) is 0 Å². The Bertz CT molecular complexity index is 1180. The number of amides is 2. The number of hydrogen-bond donors (Lipinski definition) is 2. The van der Waals surface area contributed by atoms with E-state index in [0.29, 0.717) is 37.0 Å². The van der Waals surface area contributed by atoms with Gasteiger partial charge in [-0.2, -0.15) is 0 Å². The first kappa shape index (κ1) is 25.3. The van der Waals surface area contributed by atoms with Gasteiger partial charge < -0.3 is 24.8 Å². The van der Waals surface area contributed by atoms with Crippen molar-refractivity contribution in [3.05, 3.63) is 84.2 Å². The van der Waals surface area contributed by atoms with E-state index in [1.165, 1.54) is 31.2 Å². The summed E-state index contributed by atoms with van der Waals surface area (Å²) in [5.41, 5.74) is 1.07. The van der Waals surface area contributed by atoms with Crippen molar-refractivity contribution in [1.82, 2.24) is 0 Å². The Kier molecular flexibility index (Phi) is 9.24. The first-order valence-corrected chi connectivity index (χ1v) is 11.1. The molecule has 0 aliphatic carbocycles. The van der Waals surface area contributed by atoms with Gasteiger partial charge in [-0.3, -0.25) is 9.59 Å². The van der Waals surface area contributed by atoms with Crippen molar-refractivity contribution in [2.45, 2.75) is 13.8 Å². The third-order valence-corrected chi connectivity index (χ3v) is 4.59. The first-order chi connectivity index (χ1) is 16.9. The summed E-state index contributed by atoms with van der Waals surface area (Å²) in [5.74, 6) is 0.475. The van der Waals surface area contributed by atoms with E-state index in [-0.39, 0.29) is 5.69 Å². The Hall–Kier alpha value is -4.33. The van der Waals surface area contributed by atoms with Gasteiger partial charge in [-0.25, -0.2) is 4.39 Å². The molecule has 0 bridgehead atoms. The molecule has 8 heteroatoms. The fourth-order valence-corrected chi connectivity index (χ4v) is 3.09. The Morgan fingerprint density at radius 1 is 0.886 bits per heavy atom. The molecule has 182 valence electrons. The fraction of sp³-hybridized carbons (Fsp3) is 0.185. The van der Waals surface area contributed by atoms with E-state index in [2.05, 4.69) is 10.6 Å². The summed E-state index contributed by atoms with van der Waals surface area (Å²) in [6.07, 6.45) is 2.97. The molecule has 0 atom stereocenters. The van der Waals surface area contributed by atoms with Gasteiger partial charge in [0.15, 0.2) is 11.5 Å². The lowest BCUT2D eigenvalue weighted by Gasteiger charge is -2.13. The second kappa shape index (κ2) is 12.8. The minimum atomic E-state index is -0.592. The van der Waals surface area contributed by atoms with Crippen molar-refractivity contribution in [3.8, 4) is 17.2 Å². The van der Waals surface area contributed by atoms with Gasteiger partial charge in [-0.1, -0.05) is 24.3 Å². The molecule has 2 amide bonds. The summed E-state index contributed by atoms with van der Waals surface area (Å²) in [6, 6.07) is 18.7. The van der Waals surface area contributed by atoms with Gasteiger partial charge in [0.2, 0.25) is 11.8 Å². The van der Waals surface area contributed by atoms with Gasteiger partial charge in [-0.15, -0.1) is 0 Å². The highest BCUT2D eigenvalue weighted by Crippen LogP contribution is 2.29. The number of carbonyl (C=O) groups is 2. The van der Waals surface area contributed by atoms with Crippen molar-refractivity contribution in [2.24, 2.45) is 0 Å². The van der Waals surface area contributed by atoms with E-state index in [0.717, 1.165) is 11.3 Å². The van der Waals surface area contributed by atoms with E-state index in [1.54, 1.807) is 24.3 Å². The van der Waals surface area contributed by atoms with Gasteiger partial charge in [-0.05, 0) is 61.0 Å². The second-order valence-electron chi connectivity index (χ2n) is 7.35. The molecule has 0 aliphatic heterocycles. The zero-order valence-corrected chi connectivity index (χ0v) is 19.5. The van der Waals surface area contributed by atoms with Gasteiger partial charge in [0, 0.05) is 18.7 Å². The van der Waals surface area contributed by atoms with Crippen LogP contribution < -0.4 is 24.8 Å². The van der Waals surface area contributed by atoms with E-state index < -0.39 is 17.6 Å². The molecule has 7 nitrogen and oxygen atoms in total. The molecule has 0 radical (unpaired) electrons.